The summed E-state index contributed by atoms with van der Waals surface area (Å²) in [6.45, 7) is 9.98. The zero-order valence-corrected chi connectivity index (χ0v) is 26.0. The van der Waals surface area contributed by atoms with E-state index in [1.54, 1.807) is 0 Å². The first-order valence-electron chi connectivity index (χ1n) is 13.2. The molecule has 49 heavy (non-hydrogen) atoms. The molecule has 19 nitrogen and oxygen atoms in total. The molecule has 0 unspecified atom stereocenters. The van der Waals surface area contributed by atoms with E-state index >= 15 is 0 Å². The number of aliphatic carboxylic acids is 3. The van der Waals surface area contributed by atoms with Crippen molar-refractivity contribution in [3.63, 3.8) is 0 Å². The number of carbonyl (C=O) groups excluding carboxylic acids is 9. The van der Waals surface area contributed by atoms with Crippen molar-refractivity contribution in [3.8, 4) is 0 Å². The lowest BCUT2D eigenvalue weighted by Crippen LogP contribution is -2.19. The van der Waals surface area contributed by atoms with Gasteiger partial charge in [-0.2, -0.15) is 0 Å². The molecule has 0 saturated heterocycles. The predicted molar refractivity (Wildman–Crippen MR) is 155 cm³/mol. The smallest absolute Gasteiger partial charge is 0.545 e. The van der Waals surface area contributed by atoms with Gasteiger partial charge in [0.05, 0.1) is 57.5 Å². The SMILES string of the molecule is C=CC(=O)OCCCOC(=O)C=CC(=O)[O-].C=CC(=O)OCCCOC(=O)C=CC(=O)[O-].C=CC(=O)OCCCOC(=O)C=CC(=O)[O-].[N+3]. The Hall–Kier alpha value is -6.62. The second kappa shape index (κ2) is 34.3. The molecule has 0 aliphatic rings. The average molecular weight is 696 g/mol. The van der Waals surface area contributed by atoms with Crippen LogP contribution in [0.1, 0.15) is 19.3 Å². The maximum atomic E-state index is 10.8. The third-order valence-corrected chi connectivity index (χ3v) is 3.90. The minimum absolute atomic E-state index is 0. The van der Waals surface area contributed by atoms with Gasteiger partial charge in [0.1, 0.15) is 0 Å². The van der Waals surface area contributed by atoms with Crippen LogP contribution in [0.5, 0.6) is 0 Å². The molecule has 0 aliphatic heterocycles. The summed E-state index contributed by atoms with van der Waals surface area (Å²) in [5.41, 5.74) is 0. The van der Waals surface area contributed by atoms with Gasteiger partial charge in [0.25, 0.3) is 0 Å². The molecule has 0 fully saturated rings. The van der Waals surface area contributed by atoms with Crippen LogP contribution in [0.2, 0.25) is 0 Å². The zero-order chi connectivity index (χ0) is 37.2. The number of hydrogen-bond donors (Lipinski definition) is 0. The number of nitrogens with zero attached hydrogens (tertiary/aromatic N) is 1. The highest BCUT2D eigenvalue weighted by Gasteiger charge is 3.00. The van der Waals surface area contributed by atoms with E-state index < -0.39 is 53.7 Å². The molecule has 2 radical (unpaired) electrons. The van der Waals surface area contributed by atoms with Crippen LogP contribution in [0, 0.1) is 0 Å². The fourth-order valence-corrected chi connectivity index (χ4v) is 1.94. The number of ether oxygens (including phenoxy) is 6. The van der Waals surface area contributed by atoms with E-state index in [4.69, 9.17) is 0 Å². The molecule has 0 aliphatic carbocycles. The maximum Gasteiger partial charge on any atom is 3.00 e. The van der Waals surface area contributed by atoms with Gasteiger partial charge < -0.3 is 58.1 Å². The summed E-state index contributed by atoms with van der Waals surface area (Å²) in [4.78, 5) is 93.7. The number of carbonyl (C=O) groups is 9. The normalized spacial score (nSPS) is 9.55. The van der Waals surface area contributed by atoms with Crippen LogP contribution in [0.25, 0.3) is 0 Å². The number of carboxylic acids is 3. The molecular weight excluding hydrogens is 662 g/mol. The zero-order valence-electron chi connectivity index (χ0n) is 26.0. The van der Waals surface area contributed by atoms with Gasteiger partial charge >= 0.3 is 42.0 Å². The Labute approximate surface area is 280 Å². The van der Waals surface area contributed by atoms with E-state index in [-0.39, 0.29) is 45.8 Å². The van der Waals surface area contributed by atoms with Crippen molar-refractivity contribution >= 4 is 53.7 Å². The van der Waals surface area contributed by atoms with Crippen molar-refractivity contribution in [2.45, 2.75) is 19.3 Å². The Morgan fingerprint density at radius 2 is 0.551 bits per heavy atom. The molecular formula is C30H33NO18. The molecule has 0 rings (SSSR count). The second-order valence-corrected chi connectivity index (χ2v) is 7.64. The topological polar surface area (TPSA) is 309 Å². The van der Waals surface area contributed by atoms with Crippen molar-refractivity contribution in [2.75, 3.05) is 39.6 Å². The van der Waals surface area contributed by atoms with Crippen LogP contribution >= 0.6 is 0 Å². The molecule has 0 aromatic heterocycles. The summed E-state index contributed by atoms with van der Waals surface area (Å²) in [5, 5.41) is 29.7. The predicted octanol–water partition coefficient (Wildman–Crippen LogP) is -3.62. The molecule has 0 atom stereocenters. The van der Waals surface area contributed by atoms with Crippen LogP contribution in [0.4, 0.5) is 0 Å². The van der Waals surface area contributed by atoms with E-state index in [0.717, 1.165) is 36.5 Å². The van der Waals surface area contributed by atoms with Gasteiger partial charge in [-0.05, 0) is 18.2 Å². The summed E-state index contributed by atoms with van der Waals surface area (Å²) < 4.78 is 27.5. The molecule has 266 valence electrons. The van der Waals surface area contributed by atoms with Crippen molar-refractivity contribution in [2.24, 2.45) is 0 Å². The van der Waals surface area contributed by atoms with E-state index in [0.29, 0.717) is 37.5 Å². The molecule has 0 spiro atoms. The molecule has 0 amide bonds. The summed E-state index contributed by atoms with van der Waals surface area (Å²) in [5.74, 6) is -8.46. The molecule has 0 bridgehead atoms. The first-order valence-corrected chi connectivity index (χ1v) is 13.2. The molecule has 0 aromatic carbocycles. The first kappa shape index (κ1) is 49.3. The van der Waals surface area contributed by atoms with Crippen molar-refractivity contribution < 1.29 is 86.9 Å². The molecule has 0 saturated carbocycles. The quantitative estimate of drug-likeness (QED) is 0.0484. The largest absolute Gasteiger partial charge is 3.00 e. The monoisotopic (exact) mass is 695 g/mol. The lowest BCUT2D eigenvalue weighted by Gasteiger charge is -2.02. The van der Waals surface area contributed by atoms with Gasteiger partial charge in [0.15, 0.2) is 0 Å². The third-order valence-electron chi connectivity index (χ3n) is 3.90. The van der Waals surface area contributed by atoms with Gasteiger partial charge in [0.2, 0.25) is 0 Å². The molecule has 0 heterocycles. The number of carboxylic acid groups (broad SMARTS) is 3. The van der Waals surface area contributed by atoms with Crippen molar-refractivity contribution in [1.82, 2.24) is 6.15 Å². The highest BCUT2D eigenvalue weighted by Crippen LogP contribution is 1.91. The average Bonchev–Trinajstić information content (AvgIpc) is 3.04. The van der Waals surface area contributed by atoms with Gasteiger partial charge in [-0.25, -0.2) is 28.8 Å². The van der Waals surface area contributed by atoms with Crippen molar-refractivity contribution in [3.05, 3.63) is 74.4 Å². The standard InChI is InChI=1S/3C10H12O6.N/c3*1-2-9(13)15-6-3-7-16-10(14)5-4-8(11)12;/h3*2,4-5H,1,3,6-7H2,(H,11,12);/q;;;+3/p-3. The Bertz CT molecular complexity index is 1070. The summed E-state index contributed by atoms with van der Waals surface area (Å²) in [7, 11) is 0. The van der Waals surface area contributed by atoms with Crippen molar-refractivity contribution in [1.29, 1.82) is 0 Å². The second-order valence-electron chi connectivity index (χ2n) is 7.64. The van der Waals surface area contributed by atoms with Crippen LogP contribution in [-0.2, 0) is 71.6 Å². The summed E-state index contributed by atoms with van der Waals surface area (Å²) >= 11 is 0. The van der Waals surface area contributed by atoms with Gasteiger partial charge in [0, 0.05) is 55.7 Å². The van der Waals surface area contributed by atoms with E-state index in [2.05, 4.69) is 48.2 Å². The van der Waals surface area contributed by atoms with Gasteiger partial charge in [-0.3, -0.25) is 0 Å². The molecule has 0 aromatic rings. The Morgan fingerprint density at radius 1 is 0.367 bits per heavy atom. The van der Waals surface area contributed by atoms with E-state index in [1.807, 2.05) is 0 Å². The number of hydrogen-bond acceptors (Lipinski definition) is 18. The Morgan fingerprint density at radius 3 is 0.714 bits per heavy atom. The maximum absolute atomic E-state index is 10.8. The van der Waals surface area contributed by atoms with Crippen LogP contribution in [-0.4, -0.2) is 93.4 Å². The Balaban J connectivity index is -0.000000307. The summed E-state index contributed by atoms with van der Waals surface area (Å²) in [6.07, 6.45) is 7.97. The number of esters is 6. The van der Waals surface area contributed by atoms with E-state index in [9.17, 15) is 58.5 Å². The lowest BCUT2D eigenvalue weighted by atomic mass is 10.4. The molecule has 0 N–H and O–H groups in total. The van der Waals surface area contributed by atoms with Gasteiger partial charge in [-0.1, -0.05) is 19.7 Å². The highest BCUT2D eigenvalue weighted by molar-refractivity contribution is 5.91. The fraction of sp³-hybridized carbons (Fsp3) is 0.300. The van der Waals surface area contributed by atoms with Crippen LogP contribution < -0.4 is 21.5 Å². The lowest BCUT2D eigenvalue weighted by molar-refractivity contribution is -0.298. The van der Waals surface area contributed by atoms with Crippen LogP contribution in [0.3, 0.4) is 0 Å². The fourth-order valence-electron chi connectivity index (χ4n) is 1.94. The first-order chi connectivity index (χ1) is 22.7. The number of rotatable bonds is 21. The minimum atomic E-state index is -1.48. The minimum Gasteiger partial charge on any atom is -0.545 e. The molecule has 19 heteroatoms. The van der Waals surface area contributed by atoms with Gasteiger partial charge in [-0.15, -0.1) is 0 Å². The summed E-state index contributed by atoms with van der Waals surface area (Å²) in [6, 6.07) is 0. The third kappa shape index (κ3) is 43.6. The highest BCUT2D eigenvalue weighted by atomic mass is 16.6. The van der Waals surface area contributed by atoms with Crippen LogP contribution in [0.15, 0.2) is 74.4 Å². The Kier molecular flexibility index (Phi) is 34.4. The van der Waals surface area contributed by atoms with E-state index in [1.165, 1.54) is 0 Å².